The molecule has 0 saturated heterocycles. The van der Waals surface area contributed by atoms with Crippen LogP contribution in [0, 0.1) is 6.92 Å². The molecule has 0 aliphatic carbocycles. The number of anilines is 1. The van der Waals surface area contributed by atoms with E-state index in [4.69, 9.17) is 23.2 Å². The van der Waals surface area contributed by atoms with Crippen LogP contribution in [0.5, 0.6) is 0 Å². The van der Waals surface area contributed by atoms with E-state index in [2.05, 4.69) is 5.32 Å². The molecule has 3 aromatic carbocycles. The Hall–Kier alpha value is -3.07. The Morgan fingerprint density at radius 1 is 0.927 bits per heavy atom. The molecule has 0 aromatic heterocycles. The van der Waals surface area contributed by atoms with Crippen molar-refractivity contribution in [2.24, 2.45) is 0 Å². The molecule has 0 bridgehead atoms. The van der Waals surface area contributed by atoms with Crippen LogP contribution < -0.4 is 9.62 Å². The Morgan fingerprint density at radius 3 is 2.24 bits per heavy atom. The third-order valence-electron chi connectivity index (χ3n) is 6.47. The lowest BCUT2D eigenvalue weighted by atomic mass is 10.0. The van der Waals surface area contributed by atoms with E-state index in [1.54, 1.807) is 11.0 Å². The largest absolute Gasteiger partial charge is 0.352 e. The molecule has 3 rings (SSSR count). The maximum atomic E-state index is 13.9. The highest BCUT2D eigenvalue weighted by Crippen LogP contribution is 2.31. The number of sulfonamides is 1. The molecule has 2 amide bonds. The summed E-state index contributed by atoms with van der Waals surface area (Å²) in [6.45, 7) is 5.99. The fraction of sp³-hybridized carbons (Fsp3) is 0.355. The molecule has 0 radical (unpaired) electrons. The van der Waals surface area contributed by atoms with E-state index >= 15 is 0 Å². The number of aryl methyl sites for hydroxylation is 1. The molecule has 0 fully saturated rings. The van der Waals surface area contributed by atoms with Crippen LogP contribution in [-0.2, 0) is 32.6 Å². The molecule has 0 aliphatic heterocycles. The molecule has 0 unspecified atom stereocenters. The number of carbonyl (C=O) groups excluding carboxylic acids is 2. The average molecular weight is 619 g/mol. The van der Waals surface area contributed by atoms with E-state index in [9.17, 15) is 18.0 Å². The minimum atomic E-state index is -3.71. The summed E-state index contributed by atoms with van der Waals surface area (Å²) >= 11 is 12.4. The van der Waals surface area contributed by atoms with Crippen LogP contribution in [0.15, 0.2) is 72.8 Å². The van der Waals surface area contributed by atoms with Gasteiger partial charge in [-0.2, -0.15) is 0 Å². The SMILES string of the molecule is Cc1cccc(CN(C(=O)CCCN(c2cc(Cl)ccc2Cl)S(C)(=O)=O)[C@@H](Cc2ccccc2)C(=O)NC(C)C)c1. The molecule has 1 atom stereocenters. The van der Waals surface area contributed by atoms with Crippen LogP contribution >= 0.6 is 23.2 Å². The summed E-state index contributed by atoms with van der Waals surface area (Å²) in [6, 6.07) is 21.1. The molecule has 41 heavy (non-hydrogen) atoms. The number of carbonyl (C=O) groups is 2. The number of nitrogens with one attached hydrogen (secondary N) is 1. The second kappa shape index (κ2) is 14.7. The zero-order valence-corrected chi connectivity index (χ0v) is 26.1. The van der Waals surface area contributed by atoms with Gasteiger partial charge in [-0.1, -0.05) is 83.4 Å². The average Bonchev–Trinajstić information content (AvgIpc) is 2.89. The van der Waals surface area contributed by atoms with Crippen LogP contribution in [0.25, 0.3) is 0 Å². The highest BCUT2D eigenvalue weighted by atomic mass is 35.5. The lowest BCUT2D eigenvalue weighted by Crippen LogP contribution is -2.51. The van der Waals surface area contributed by atoms with Crippen molar-refractivity contribution in [3.8, 4) is 0 Å². The zero-order valence-electron chi connectivity index (χ0n) is 23.8. The van der Waals surface area contributed by atoms with Gasteiger partial charge < -0.3 is 10.2 Å². The number of hydrogen-bond acceptors (Lipinski definition) is 4. The molecule has 0 saturated carbocycles. The zero-order chi connectivity index (χ0) is 30.2. The van der Waals surface area contributed by atoms with Crippen molar-refractivity contribution >= 4 is 50.7 Å². The highest BCUT2D eigenvalue weighted by Gasteiger charge is 2.31. The maximum Gasteiger partial charge on any atom is 0.243 e. The molecule has 1 N–H and O–H groups in total. The lowest BCUT2D eigenvalue weighted by Gasteiger charge is -2.32. The van der Waals surface area contributed by atoms with E-state index in [-0.39, 0.29) is 54.5 Å². The van der Waals surface area contributed by atoms with E-state index < -0.39 is 16.1 Å². The molecule has 3 aromatic rings. The Balaban J connectivity index is 1.90. The molecule has 220 valence electrons. The van der Waals surface area contributed by atoms with Crippen molar-refractivity contribution in [3.63, 3.8) is 0 Å². The summed E-state index contributed by atoms with van der Waals surface area (Å²) in [7, 11) is -3.71. The summed E-state index contributed by atoms with van der Waals surface area (Å²) in [6.07, 6.45) is 1.66. The summed E-state index contributed by atoms with van der Waals surface area (Å²) in [5, 5.41) is 3.56. The minimum absolute atomic E-state index is 0.0183. The Labute approximate surface area is 253 Å². The number of benzene rings is 3. The second-order valence-electron chi connectivity index (χ2n) is 10.4. The number of hydrogen-bond donors (Lipinski definition) is 1. The predicted octanol–water partition coefficient (Wildman–Crippen LogP) is 6.01. The first-order chi connectivity index (χ1) is 19.3. The molecule has 0 aliphatic rings. The van der Waals surface area contributed by atoms with Gasteiger partial charge in [-0.05, 0) is 56.5 Å². The van der Waals surface area contributed by atoms with Gasteiger partial charge in [-0.15, -0.1) is 0 Å². The van der Waals surface area contributed by atoms with Gasteiger partial charge in [0, 0.05) is 37.0 Å². The van der Waals surface area contributed by atoms with Crippen molar-refractivity contribution < 1.29 is 18.0 Å². The Bertz CT molecular complexity index is 1450. The fourth-order valence-corrected chi connectivity index (χ4v) is 6.01. The maximum absolute atomic E-state index is 13.9. The molecule has 0 heterocycles. The Kier molecular flexibility index (Phi) is 11.6. The van der Waals surface area contributed by atoms with Crippen molar-refractivity contribution in [3.05, 3.63) is 99.5 Å². The Morgan fingerprint density at radius 2 is 1.61 bits per heavy atom. The summed E-state index contributed by atoms with van der Waals surface area (Å²) in [4.78, 5) is 29.0. The summed E-state index contributed by atoms with van der Waals surface area (Å²) in [5.74, 6) is -0.495. The van der Waals surface area contributed by atoms with E-state index in [0.29, 0.717) is 11.4 Å². The van der Waals surface area contributed by atoms with Gasteiger partial charge in [0.25, 0.3) is 0 Å². The normalized spacial score (nSPS) is 12.2. The summed E-state index contributed by atoms with van der Waals surface area (Å²) < 4.78 is 26.5. The molecular formula is C31H37Cl2N3O4S. The topological polar surface area (TPSA) is 86.8 Å². The molecular weight excluding hydrogens is 581 g/mol. The van der Waals surface area contributed by atoms with Gasteiger partial charge >= 0.3 is 0 Å². The predicted molar refractivity (Wildman–Crippen MR) is 167 cm³/mol. The van der Waals surface area contributed by atoms with E-state index in [1.165, 1.54) is 12.1 Å². The van der Waals surface area contributed by atoms with Gasteiger partial charge in [0.2, 0.25) is 21.8 Å². The standard InChI is InChI=1S/C31H37Cl2N3O4S/c1-22(2)34-31(38)29(19-24-11-6-5-7-12-24)35(21-25-13-8-10-23(3)18-25)30(37)14-9-17-36(41(4,39)40)28-20-26(32)15-16-27(28)33/h5-8,10-13,15-16,18,20,22,29H,9,14,17,19,21H2,1-4H3,(H,34,38)/t29-/m0/s1. The van der Waals surface area contributed by atoms with Crippen LogP contribution in [0.4, 0.5) is 5.69 Å². The minimum Gasteiger partial charge on any atom is -0.352 e. The number of amides is 2. The number of rotatable bonds is 13. The smallest absolute Gasteiger partial charge is 0.243 e. The number of halogens is 2. The van der Waals surface area contributed by atoms with Crippen LogP contribution in [0.2, 0.25) is 10.0 Å². The van der Waals surface area contributed by atoms with Crippen molar-refractivity contribution in [1.82, 2.24) is 10.2 Å². The third-order valence-corrected chi connectivity index (χ3v) is 8.20. The van der Waals surface area contributed by atoms with Gasteiger partial charge in [0.15, 0.2) is 0 Å². The van der Waals surface area contributed by atoms with Crippen molar-refractivity contribution in [2.75, 3.05) is 17.1 Å². The first kappa shape index (κ1) is 32.4. The van der Waals surface area contributed by atoms with Crippen LogP contribution in [0.1, 0.15) is 43.4 Å². The van der Waals surface area contributed by atoms with Gasteiger partial charge in [0.05, 0.1) is 17.0 Å². The van der Waals surface area contributed by atoms with Crippen LogP contribution in [-0.4, -0.2) is 50.0 Å². The van der Waals surface area contributed by atoms with Gasteiger partial charge in [-0.3, -0.25) is 13.9 Å². The van der Waals surface area contributed by atoms with Crippen LogP contribution in [0.3, 0.4) is 0 Å². The first-order valence-corrected chi connectivity index (χ1v) is 16.1. The van der Waals surface area contributed by atoms with Crippen molar-refractivity contribution in [2.45, 2.75) is 58.7 Å². The van der Waals surface area contributed by atoms with E-state index in [0.717, 1.165) is 27.3 Å². The van der Waals surface area contributed by atoms with Gasteiger partial charge in [-0.25, -0.2) is 8.42 Å². The quantitative estimate of drug-likeness (QED) is 0.254. The second-order valence-corrected chi connectivity index (χ2v) is 13.2. The molecule has 7 nitrogen and oxygen atoms in total. The molecule has 0 spiro atoms. The monoisotopic (exact) mass is 617 g/mol. The number of nitrogens with zero attached hydrogens (tertiary/aromatic N) is 2. The lowest BCUT2D eigenvalue weighted by molar-refractivity contribution is -0.141. The fourth-order valence-electron chi connectivity index (χ4n) is 4.60. The third kappa shape index (κ3) is 9.76. The van der Waals surface area contributed by atoms with Gasteiger partial charge in [0.1, 0.15) is 6.04 Å². The first-order valence-electron chi connectivity index (χ1n) is 13.5. The summed E-state index contributed by atoms with van der Waals surface area (Å²) in [5.41, 5.74) is 3.13. The highest BCUT2D eigenvalue weighted by molar-refractivity contribution is 7.92. The van der Waals surface area contributed by atoms with E-state index in [1.807, 2.05) is 75.4 Å². The molecule has 10 heteroatoms. The van der Waals surface area contributed by atoms with Crippen molar-refractivity contribution in [1.29, 1.82) is 0 Å².